The number of hydrogen-bond acceptors (Lipinski definition) is 5. The average molecular weight is 290 g/mol. The van der Waals surface area contributed by atoms with Crippen LogP contribution in [0.1, 0.15) is 29.8 Å². The van der Waals surface area contributed by atoms with Gasteiger partial charge in [-0.3, -0.25) is 4.79 Å². The van der Waals surface area contributed by atoms with E-state index in [0.29, 0.717) is 12.0 Å². The van der Waals surface area contributed by atoms with Crippen LogP contribution in [0.2, 0.25) is 0 Å². The van der Waals surface area contributed by atoms with Crippen molar-refractivity contribution in [2.45, 2.75) is 23.9 Å². The maximum absolute atomic E-state index is 11.0. The molecule has 1 aliphatic rings. The summed E-state index contributed by atoms with van der Waals surface area (Å²) in [7, 11) is 0. The second kappa shape index (κ2) is 6.09. The largest absolute Gasteiger partial charge is 0.388 e. The Balaban J connectivity index is 2.21. The number of carbonyl (C=O) groups excluding carboxylic acids is 1. The number of rotatable bonds is 3. The Hall–Kier alpha value is -1.81. The number of thioether (sulfide) groups is 1. The lowest BCUT2D eigenvalue weighted by atomic mass is 9.87. The van der Waals surface area contributed by atoms with Crippen LogP contribution in [0.4, 0.5) is 0 Å². The molecule has 1 aliphatic carbocycles. The van der Waals surface area contributed by atoms with Crippen molar-refractivity contribution in [1.29, 1.82) is 5.26 Å². The van der Waals surface area contributed by atoms with Crippen molar-refractivity contribution >= 4 is 17.7 Å². The summed E-state index contributed by atoms with van der Waals surface area (Å²) >= 11 is 1.14. The molecular formula is C14H14N2O3S. The standard InChI is InChI=1S/C14H14N2O3S/c15-6-8(14(16)19)7-20-12-5-11(17)9-3-1-2-4-10(9)13(12)18/h1-4,7,11-13,17-18H,5H2,(H2,16,19)/b8-7+. The summed E-state index contributed by atoms with van der Waals surface area (Å²) in [4.78, 5) is 11.0. The molecule has 0 bridgehead atoms. The molecule has 2 rings (SSSR count). The van der Waals surface area contributed by atoms with Crippen LogP contribution in [0.3, 0.4) is 0 Å². The van der Waals surface area contributed by atoms with E-state index in [0.717, 1.165) is 17.3 Å². The van der Waals surface area contributed by atoms with Gasteiger partial charge in [-0.25, -0.2) is 0 Å². The summed E-state index contributed by atoms with van der Waals surface area (Å²) in [6, 6.07) is 8.85. The monoisotopic (exact) mass is 290 g/mol. The number of carbonyl (C=O) groups is 1. The first-order valence-electron chi connectivity index (χ1n) is 6.05. The summed E-state index contributed by atoms with van der Waals surface area (Å²) in [6.45, 7) is 0. The molecule has 0 fully saturated rings. The highest BCUT2D eigenvalue weighted by atomic mass is 32.2. The Labute approximate surface area is 120 Å². The predicted molar refractivity (Wildman–Crippen MR) is 75.2 cm³/mol. The predicted octanol–water partition coefficient (Wildman–Crippen LogP) is 1.15. The van der Waals surface area contributed by atoms with E-state index in [1.807, 2.05) is 6.07 Å². The lowest BCUT2D eigenvalue weighted by Gasteiger charge is -2.32. The van der Waals surface area contributed by atoms with Gasteiger partial charge in [-0.15, -0.1) is 11.8 Å². The quantitative estimate of drug-likeness (QED) is 0.572. The van der Waals surface area contributed by atoms with Gasteiger partial charge in [0.15, 0.2) is 0 Å². The Morgan fingerprint density at radius 1 is 1.40 bits per heavy atom. The fourth-order valence-corrected chi connectivity index (χ4v) is 3.25. The van der Waals surface area contributed by atoms with Crippen LogP contribution in [0, 0.1) is 11.3 Å². The van der Waals surface area contributed by atoms with Crippen LogP contribution < -0.4 is 5.73 Å². The van der Waals surface area contributed by atoms with E-state index >= 15 is 0 Å². The molecule has 1 aromatic rings. The molecule has 0 spiro atoms. The van der Waals surface area contributed by atoms with E-state index in [1.54, 1.807) is 24.3 Å². The summed E-state index contributed by atoms with van der Waals surface area (Å²) in [5.74, 6) is -0.800. The van der Waals surface area contributed by atoms with Crippen LogP contribution in [-0.4, -0.2) is 21.4 Å². The highest BCUT2D eigenvalue weighted by Gasteiger charge is 2.32. The maximum Gasteiger partial charge on any atom is 0.259 e. The van der Waals surface area contributed by atoms with Crippen molar-refractivity contribution in [3.63, 3.8) is 0 Å². The Morgan fingerprint density at radius 2 is 2.05 bits per heavy atom. The van der Waals surface area contributed by atoms with Crippen LogP contribution in [0.5, 0.6) is 0 Å². The van der Waals surface area contributed by atoms with E-state index in [4.69, 9.17) is 11.0 Å². The molecule has 1 aromatic carbocycles. The average Bonchev–Trinajstić information content (AvgIpc) is 2.44. The Kier molecular flexibility index (Phi) is 4.45. The molecule has 104 valence electrons. The van der Waals surface area contributed by atoms with Crippen molar-refractivity contribution in [2.24, 2.45) is 5.73 Å². The van der Waals surface area contributed by atoms with E-state index < -0.39 is 18.1 Å². The van der Waals surface area contributed by atoms with Gasteiger partial charge in [-0.2, -0.15) is 5.26 Å². The molecule has 3 atom stereocenters. The minimum absolute atomic E-state index is 0.157. The molecule has 0 aliphatic heterocycles. The van der Waals surface area contributed by atoms with Crippen LogP contribution in [-0.2, 0) is 4.79 Å². The number of aliphatic hydroxyl groups is 2. The molecular weight excluding hydrogens is 276 g/mol. The van der Waals surface area contributed by atoms with Gasteiger partial charge in [0.1, 0.15) is 11.6 Å². The van der Waals surface area contributed by atoms with Gasteiger partial charge >= 0.3 is 0 Å². The first-order valence-corrected chi connectivity index (χ1v) is 6.99. The molecule has 0 aromatic heterocycles. The number of fused-ring (bicyclic) bond motifs is 1. The molecule has 1 amide bonds. The van der Waals surface area contributed by atoms with Crippen molar-refractivity contribution in [3.05, 3.63) is 46.4 Å². The van der Waals surface area contributed by atoms with E-state index in [2.05, 4.69) is 0 Å². The molecule has 0 radical (unpaired) electrons. The zero-order valence-corrected chi connectivity index (χ0v) is 11.4. The summed E-state index contributed by atoms with van der Waals surface area (Å²) in [5.41, 5.74) is 6.28. The SMILES string of the molecule is N#C/C(=C\SC1CC(O)c2ccccc2C1O)C(N)=O. The zero-order chi connectivity index (χ0) is 14.7. The number of amides is 1. The first kappa shape index (κ1) is 14.6. The van der Waals surface area contributed by atoms with E-state index in [-0.39, 0.29) is 10.8 Å². The molecule has 6 heteroatoms. The highest BCUT2D eigenvalue weighted by molar-refractivity contribution is 8.02. The molecule has 4 N–H and O–H groups in total. The van der Waals surface area contributed by atoms with Crippen LogP contribution >= 0.6 is 11.8 Å². The maximum atomic E-state index is 11.0. The number of hydrogen-bond donors (Lipinski definition) is 3. The van der Waals surface area contributed by atoms with E-state index in [9.17, 15) is 15.0 Å². The molecule has 5 nitrogen and oxygen atoms in total. The smallest absolute Gasteiger partial charge is 0.259 e. The molecule has 20 heavy (non-hydrogen) atoms. The van der Waals surface area contributed by atoms with Crippen molar-refractivity contribution < 1.29 is 15.0 Å². The van der Waals surface area contributed by atoms with Crippen LogP contribution in [0.25, 0.3) is 0 Å². The van der Waals surface area contributed by atoms with Gasteiger partial charge in [0.05, 0.1) is 12.2 Å². The van der Waals surface area contributed by atoms with Crippen molar-refractivity contribution in [1.82, 2.24) is 0 Å². The van der Waals surface area contributed by atoms with Gasteiger partial charge < -0.3 is 15.9 Å². The third-order valence-electron chi connectivity index (χ3n) is 3.23. The number of nitrogens with zero attached hydrogens (tertiary/aromatic N) is 1. The third-order valence-corrected chi connectivity index (χ3v) is 4.40. The molecule has 0 saturated heterocycles. The Morgan fingerprint density at radius 3 is 2.65 bits per heavy atom. The molecule has 3 unspecified atom stereocenters. The normalized spacial score (nSPS) is 25.6. The summed E-state index contributed by atoms with van der Waals surface area (Å²) in [5, 5.41) is 30.2. The third kappa shape index (κ3) is 2.85. The van der Waals surface area contributed by atoms with Gasteiger partial charge in [0.25, 0.3) is 5.91 Å². The fraction of sp³-hybridized carbons (Fsp3) is 0.286. The van der Waals surface area contributed by atoms with Gasteiger partial charge in [-0.1, -0.05) is 24.3 Å². The number of aliphatic hydroxyl groups excluding tert-OH is 2. The van der Waals surface area contributed by atoms with Crippen molar-refractivity contribution in [3.8, 4) is 6.07 Å². The number of benzene rings is 1. The molecule has 0 heterocycles. The lowest BCUT2D eigenvalue weighted by Crippen LogP contribution is -2.25. The number of primary amides is 1. The zero-order valence-electron chi connectivity index (χ0n) is 10.6. The minimum Gasteiger partial charge on any atom is -0.388 e. The van der Waals surface area contributed by atoms with Gasteiger partial charge in [-0.05, 0) is 23.0 Å². The molecule has 0 saturated carbocycles. The number of nitriles is 1. The first-order chi connectivity index (χ1) is 9.54. The van der Waals surface area contributed by atoms with Gasteiger partial charge in [0.2, 0.25) is 0 Å². The lowest BCUT2D eigenvalue weighted by molar-refractivity contribution is -0.114. The second-order valence-corrected chi connectivity index (χ2v) is 5.62. The Bertz CT molecular complexity index is 594. The minimum atomic E-state index is -0.800. The summed E-state index contributed by atoms with van der Waals surface area (Å²) in [6.07, 6.45) is -1.08. The second-order valence-electron chi connectivity index (χ2n) is 4.51. The fourth-order valence-electron chi connectivity index (χ4n) is 2.18. The topological polar surface area (TPSA) is 107 Å². The van der Waals surface area contributed by atoms with Gasteiger partial charge in [0, 0.05) is 5.25 Å². The van der Waals surface area contributed by atoms with Crippen molar-refractivity contribution in [2.75, 3.05) is 0 Å². The van der Waals surface area contributed by atoms with E-state index in [1.165, 1.54) is 5.41 Å². The number of nitrogens with two attached hydrogens (primary N) is 1. The highest BCUT2D eigenvalue weighted by Crippen LogP contribution is 2.42. The van der Waals surface area contributed by atoms with Crippen LogP contribution in [0.15, 0.2) is 35.2 Å². The summed E-state index contributed by atoms with van der Waals surface area (Å²) < 4.78 is 0.